The maximum Gasteiger partial charge on any atom is 0.312 e. The summed E-state index contributed by atoms with van der Waals surface area (Å²) in [6.45, 7) is 9.58. The van der Waals surface area contributed by atoms with E-state index in [4.69, 9.17) is 4.74 Å². The van der Waals surface area contributed by atoms with Gasteiger partial charge >= 0.3 is 5.69 Å². The van der Waals surface area contributed by atoms with Crippen molar-refractivity contribution in [3.63, 3.8) is 0 Å². The third kappa shape index (κ3) is 3.48. The third-order valence-corrected chi connectivity index (χ3v) is 4.45. The van der Waals surface area contributed by atoms with Crippen molar-refractivity contribution in [3.05, 3.63) is 44.5 Å². The Kier molecular flexibility index (Phi) is 5.42. The van der Waals surface area contributed by atoms with Gasteiger partial charge in [-0.25, -0.2) is 0 Å². The number of nitro groups is 1. The highest BCUT2D eigenvalue weighted by Crippen LogP contribution is 2.24. The molecule has 0 fully saturated rings. The number of carbonyl (C=O) groups excluding carboxylic acids is 1. The van der Waals surface area contributed by atoms with Crippen LogP contribution in [0.25, 0.3) is 0 Å². The summed E-state index contributed by atoms with van der Waals surface area (Å²) in [5, 5.41) is 15.3. The predicted molar refractivity (Wildman–Crippen MR) is 93.2 cm³/mol. The van der Waals surface area contributed by atoms with Gasteiger partial charge in [0.15, 0.2) is 5.78 Å². The second kappa shape index (κ2) is 7.18. The van der Waals surface area contributed by atoms with E-state index in [2.05, 4.69) is 9.67 Å². The molecule has 0 aliphatic rings. The van der Waals surface area contributed by atoms with Crippen LogP contribution in [0.5, 0.6) is 0 Å². The average molecular weight is 348 g/mol. The second-order valence-corrected chi connectivity index (χ2v) is 6.32. The molecule has 2 heterocycles. The number of ketones is 1. The van der Waals surface area contributed by atoms with Gasteiger partial charge in [0.1, 0.15) is 17.9 Å². The fourth-order valence-electron chi connectivity index (χ4n) is 3.38. The smallest absolute Gasteiger partial charge is 0.312 e. The lowest BCUT2D eigenvalue weighted by molar-refractivity contribution is -0.386. The fraction of sp³-hybridized carbons (Fsp3) is 0.529. The van der Waals surface area contributed by atoms with Gasteiger partial charge in [0.25, 0.3) is 0 Å². The molecule has 8 nitrogen and oxygen atoms in total. The molecule has 0 radical (unpaired) electrons. The summed E-state index contributed by atoms with van der Waals surface area (Å²) in [7, 11) is 1.65. The van der Waals surface area contributed by atoms with Gasteiger partial charge in [0, 0.05) is 24.1 Å². The van der Waals surface area contributed by atoms with Crippen LogP contribution < -0.4 is 0 Å². The van der Waals surface area contributed by atoms with E-state index in [0.717, 1.165) is 11.4 Å². The molecule has 0 saturated heterocycles. The molecule has 2 aromatic rings. The SMILES string of the molecule is COCC(C)n1c(C)cc(C(=O)Cn2nc(C)c([N+](=O)[O-])c2C)c1C. The lowest BCUT2D eigenvalue weighted by Gasteiger charge is -2.17. The van der Waals surface area contributed by atoms with Crippen molar-refractivity contribution in [2.45, 2.75) is 47.2 Å². The summed E-state index contributed by atoms with van der Waals surface area (Å²) in [4.78, 5) is 23.4. The number of hydrogen-bond acceptors (Lipinski definition) is 5. The number of nitrogens with zero attached hydrogens (tertiary/aromatic N) is 4. The van der Waals surface area contributed by atoms with Crippen molar-refractivity contribution in [1.82, 2.24) is 14.3 Å². The van der Waals surface area contributed by atoms with E-state index >= 15 is 0 Å². The minimum Gasteiger partial charge on any atom is -0.383 e. The zero-order chi connectivity index (χ0) is 18.9. The highest BCUT2D eigenvalue weighted by atomic mass is 16.6. The number of Topliss-reactive ketones (excluding diaryl/α,β-unsaturated/α-hetero) is 1. The number of aryl methyl sites for hydroxylation is 2. The minimum absolute atomic E-state index is 0.0243. The van der Waals surface area contributed by atoms with E-state index < -0.39 is 4.92 Å². The first-order chi connectivity index (χ1) is 11.7. The Hall–Kier alpha value is -2.48. The Morgan fingerprint density at radius 2 is 1.96 bits per heavy atom. The maximum absolute atomic E-state index is 12.7. The molecule has 0 saturated carbocycles. The van der Waals surface area contributed by atoms with Gasteiger partial charge in [0.2, 0.25) is 0 Å². The molecule has 2 rings (SSSR count). The molecule has 0 spiro atoms. The Morgan fingerprint density at radius 3 is 2.48 bits per heavy atom. The van der Waals surface area contributed by atoms with Crippen molar-refractivity contribution in [2.75, 3.05) is 13.7 Å². The number of methoxy groups -OCH3 is 1. The van der Waals surface area contributed by atoms with Gasteiger partial charge < -0.3 is 9.30 Å². The number of hydrogen-bond donors (Lipinski definition) is 0. The zero-order valence-electron chi connectivity index (χ0n) is 15.5. The molecule has 1 atom stereocenters. The summed E-state index contributed by atoms with van der Waals surface area (Å²) in [6, 6.07) is 1.96. The normalized spacial score (nSPS) is 12.4. The largest absolute Gasteiger partial charge is 0.383 e. The second-order valence-electron chi connectivity index (χ2n) is 6.32. The number of carbonyl (C=O) groups is 1. The molecule has 0 bridgehead atoms. The number of aromatic nitrogens is 3. The van der Waals surface area contributed by atoms with Crippen LogP contribution in [-0.2, 0) is 11.3 Å². The van der Waals surface area contributed by atoms with Crippen LogP contribution in [0.3, 0.4) is 0 Å². The zero-order valence-corrected chi connectivity index (χ0v) is 15.5. The molecule has 0 aromatic carbocycles. The van der Waals surface area contributed by atoms with Crippen molar-refractivity contribution in [3.8, 4) is 0 Å². The van der Waals surface area contributed by atoms with Gasteiger partial charge in [-0.2, -0.15) is 5.10 Å². The van der Waals surface area contributed by atoms with Gasteiger partial charge in [-0.3, -0.25) is 19.6 Å². The molecule has 1 unspecified atom stereocenters. The van der Waals surface area contributed by atoms with Crippen molar-refractivity contribution in [2.24, 2.45) is 0 Å². The van der Waals surface area contributed by atoms with E-state index in [1.807, 2.05) is 26.8 Å². The minimum atomic E-state index is -0.461. The van der Waals surface area contributed by atoms with Gasteiger partial charge in [0.05, 0.1) is 17.6 Å². The van der Waals surface area contributed by atoms with Gasteiger partial charge in [-0.1, -0.05) is 0 Å². The molecule has 0 N–H and O–H groups in total. The van der Waals surface area contributed by atoms with Crippen LogP contribution in [0.4, 0.5) is 5.69 Å². The third-order valence-electron chi connectivity index (χ3n) is 4.45. The van der Waals surface area contributed by atoms with Crippen molar-refractivity contribution >= 4 is 11.5 Å². The summed E-state index contributed by atoms with van der Waals surface area (Å²) in [5.74, 6) is -0.121. The first-order valence-corrected chi connectivity index (χ1v) is 8.08. The molecule has 0 amide bonds. The fourth-order valence-corrected chi connectivity index (χ4v) is 3.38. The van der Waals surface area contributed by atoms with E-state index in [0.29, 0.717) is 23.6 Å². The molecular formula is C17H24N4O4. The quantitative estimate of drug-likeness (QED) is 0.436. The van der Waals surface area contributed by atoms with Gasteiger partial charge in [-0.15, -0.1) is 0 Å². The highest BCUT2D eigenvalue weighted by molar-refractivity contribution is 5.97. The predicted octanol–water partition coefficient (Wildman–Crippen LogP) is 2.92. The van der Waals surface area contributed by atoms with E-state index in [1.165, 1.54) is 4.68 Å². The van der Waals surface area contributed by atoms with E-state index in [-0.39, 0.29) is 24.1 Å². The molecule has 25 heavy (non-hydrogen) atoms. The Labute approximate surface area is 146 Å². The Bertz CT molecular complexity index is 819. The summed E-state index contributed by atoms with van der Waals surface area (Å²) >= 11 is 0. The Morgan fingerprint density at radius 1 is 1.32 bits per heavy atom. The van der Waals surface area contributed by atoms with Gasteiger partial charge in [-0.05, 0) is 40.7 Å². The van der Waals surface area contributed by atoms with Crippen molar-refractivity contribution in [1.29, 1.82) is 0 Å². The van der Waals surface area contributed by atoms with Crippen LogP contribution >= 0.6 is 0 Å². The molecular weight excluding hydrogens is 324 g/mol. The monoisotopic (exact) mass is 348 g/mol. The Balaban J connectivity index is 2.33. The van der Waals surface area contributed by atoms with Crippen LogP contribution in [0.1, 0.15) is 46.1 Å². The molecule has 8 heteroatoms. The van der Waals surface area contributed by atoms with Crippen LogP contribution in [0.15, 0.2) is 6.07 Å². The lowest BCUT2D eigenvalue weighted by Crippen LogP contribution is -2.16. The van der Waals surface area contributed by atoms with Crippen LogP contribution in [-0.4, -0.2) is 38.8 Å². The van der Waals surface area contributed by atoms with Crippen LogP contribution in [0.2, 0.25) is 0 Å². The maximum atomic E-state index is 12.7. The molecule has 136 valence electrons. The van der Waals surface area contributed by atoms with Crippen LogP contribution in [0, 0.1) is 37.8 Å². The van der Waals surface area contributed by atoms with E-state index in [9.17, 15) is 14.9 Å². The van der Waals surface area contributed by atoms with E-state index in [1.54, 1.807) is 21.0 Å². The molecule has 0 aliphatic carbocycles. The topological polar surface area (TPSA) is 92.2 Å². The highest BCUT2D eigenvalue weighted by Gasteiger charge is 2.24. The first-order valence-electron chi connectivity index (χ1n) is 8.08. The summed E-state index contributed by atoms with van der Waals surface area (Å²) in [5.41, 5.74) is 3.11. The van der Waals surface area contributed by atoms with Crippen molar-refractivity contribution < 1.29 is 14.5 Å². The molecule has 2 aromatic heterocycles. The first kappa shape index (κ1) is 18.9. The standard InChI is InChI=1S/C17H24N4O4/c1-10-7-15(13(4)20(10)11(2)9-25-6)16(22)8-19-14(5)17(21(23)24)12(3)18-19/h7,11H,8-9H2,1-6H3. The average Bonchev–Trinajstić information content (AvgIpc) is 2.95. The molecule has 0 aliphatic heterocycles. The lowest BCUT2D eigenvalue weighted by atomic mass is 10.1. The number of rotatable bonds is 7. The number of ether oxygens (including phenoxy) is 1. The summed E-state index contributed by atoms with van der Waals surface area (Å²) in [6.07, 6.45) is 0. The summed E-state index contributed by atoms with van der Waals surface area (Å²) < 4.78 is 8.68.